The Morgan fingerprint density at radius 1 is 1.88 bits per heavy atom. The number of amides is 1. The highest BCUT2D eigenvalue weighted by Crippen LogP contribution is 1.75. The summed E-state index contributed by atoms with van der Waals surface area (Å²) in [6.07, 6.45) is 2.06. The summed E-state index contributed by atoms with van der Waals surface area (Å²) in [7, 11) is 0. The van der Waals surface area contributed by atoms with Gasteiger partial charge in [0.05, 0.1) is 11.4 Å². The average molecular weight is 128 g/mol. The number of carbonyl (C=O) groups excluding carboxylic acids is 1. The van der Waals surface area contributed by atoms with Crippen LogP contribution in [0.1, 0.15) is 0 Å². The Kier molecular flexibility index (Phi) is 4.07. The van der Waals surface area contributed by atoms with Gasteiger partial charge in [0.15, 0.2) is 0 Å². The molecule has 2 nitrogen and oxygen atoms in total. The van der Waals surface area contributed by atoms with Crippen LogP contribution in [0.3, 0.4) is 0 Å². The standard InChI is InChI=1S/C5H6NOS/c1-2-5(3-8)6-4-7/h2,4-5H,1H2,(H,6,7). The molecule has 0 heterocycles. The molecule has 43 valence electrons. The molecule has 0 aromatic carbocycles. The monoisotopic (exact) mass is 128 g/mol. The van der Waals surface area contributed by atoms with Gasteiger partial charge in [-0.05, 0) is 0 Å². The van der Waals surface area contributed by atoms with E-state index in [9.17, 15) is 4.79 Å². The van der Waals surface area contributed by atoms with Crippen LogP contribution in [0.5, 0.6) is 0 Å². The molecule has 3 heteroatoms. The van der Waals surface area contributed by atoms with Gasteiger partial charge in [0.1, 0.15) is 0 Å². The van der Waals surface area contributed by atoms with E-state index in [-0.39, 0.29) is 6.04 Å². The van der Waals surface area contributed by atoms with E-state index in [4.69, 9.17) is 0 Å². The van der Waals surface area contributed by atoms with Crippen LogP contribution in [0.2, 0.25) is 0 Å². The van der Waals surface area contributed by atoms with Crippen molar-refractivity contribution in [3.05, 3.63) is 12.7 Å². The molecular weight excluding hydrogens is 122 g/mol. The Morgan fingerprint density at radius 3 is 2.62 bits per heavy atom. The van der Waals surface area contributed by atoms with Crippen molar-refractivity contribution in [2.75, 3.05) is 0 Å². The number of rotatable bonds is 4. The third-order valence-corrected chi connectivity index (χ3v) is 0.864. The molecule has 1 atom stereocenters. The van der Waals surface area contributed by atoms with E-state index >= 15 is 0 Å². The van der Waals surface area contributed by atoms with Gasteiger partial charge in [0.2, 0.25) is 6.41 Å². The largest absolute Gasteiger partial charge is 0.347 e. The van der Waals surface area contributed by atoms with Crippen molar-refractivity contribution in [1.82, 2.24) is 5.32 Å². The SMILES string of the molecule is C=CC([C]=S)NC=O. The van der Waals surface area contributed by atoms with Crippen LogP contribution in [0.25, 0.3) is 0 Å². The van der Waals surface area contributed by atoms with Crippen LogP contribution in [-0.2, 0) is 4.79 Å². The molecule has 0 fully saturated rings. The van der Waals surface area contributed by atoms with Crippen molar-refractivity contribution in [3.8, 4) is 0 Å². The summed E-state index contributed by atoms with van der Waals surface area (Å²) in [5.41, 5.74) is 0. The minimum atomic E-state index is -0.289. The van der Waals surface area contributed by atoms with Crippen LogP contribution < -0.4 is 5.32 Å². The Hall–Kier alpha value is -0.700. The molecule has 1 amide bonds. The summed E-state index contributed by atoms with van der Waals surface area (Å²) in [6, 6.07) is -0.289. The molecule has 0 aromatic rings. The lowest BCUT2D eigenvalue weighted by molar-refractivity contribution is -0.109. The first-order chi connectivity index (χ1) is 3.85. The summed E-state index contributed by atoms with van der Waals surface area (Å²) >= 11 is 4.40. The van der Waals surface area contributed by atoms with Crippen molar-refractivity contribution >= 4 is 24.0 Å². The van der Waals surface area contributed by atoms with Gasteiger partial charge >= 0.3 is 0 Å². The zero-order valence-electron chi connectivity index (χ0n) is 4.26. The lowest BCUT2D eigenvalue weighted by Crippen LogP contribution is -2.25. The normalized spacial score (nSPS) is 11.5. The molecule has 1 radical (unpaired) electrons. The van der Waals surface area contributed by atoms with E-state index in [1.807, 2.05) is 0 Å². The minimum Gasteiger partial charge on any atom is -0.347 e. The molecule has 0 aliphatic heterocycles. The third-order valence-electron chi connectivity index (χ3n) is 0.610. The van der Waals surface area contributed by atoms with Gasteiger partial charge in [0.25, 0.3) is 0 Å². The maximum Gasteiger partial charge on any atom is 0.207 e. The van der Waals surface area contributed by atoms with Gasteiger partial charge in [-0.15, -0.1) is 6.58 Å². The second kappa shape index (κ2) is 4.46. The molecular formula is C5H6NOS. The van der Waals surface area contributed by atoms with E-state index in [1.165, 1.54) is 6.08 Å². The third kappa shape index (κ3) is 2.47. The van der Waals surface area contributed by atoms with Crippen LogP contribution >= 0.6 is 12.2 Å². The van der Waals surface area contributed by atoms with Gasteiger partial charge in [-0.2, -0.15) is 0 Å². The summed E-state index contributed by atoms with van der Waals surface area (Å²) in [4.78, 5) is 9.69. The highest BCUT2D eigenvalue weighted by Gasteiger charge is 1.92. The molecule has 0 aliphatic rings. The minimum absolute atomic E-state index is 0.289. The van der Waals surface area contributed by atoms with Crippen molar-refractivity contribution in [2.45, 2.75) is 6.04 Å². The van der Waals surface area contributed by atoms with Crippen molar-refractivity contribution < 1.29 is 4.79 Å². The molecule has 0 aliphatic carbocycles. The zero-order chi connectivity index (χ0) is 6.41. The summed E-state index contributed by atoms with van der Waals surface area (Å²) in [5, 5.41) is 4.74. The fraction of sp³-hybridized carbons (Fsp3) is 0.200. The second-order valence-corrected chi connectivity index (χ2v) is 1.35. The van der Waals surface area contributed by atoms with Crippen LogP contribution in [-0.4, -0.2) is 17.8 Å². The predicted octanol–water partition coefficient (Wildman–Crippen LogP) is 0.164. The number of hydrogen-bond donors (Lipinski definition) is 1. The summed E-state index contributed by atoms with van der Waals surface area (Å²) in [5.74, 6) is 0. The Labute approximate surface area is 53.6 Å². The Morgan fingerprint density at radius 2 is 2.50 bits per heavy atom. The maximum atomic E-state index is 9.69. The molecule has 0 saturated heterocycles. The van der Waals surface area contributed by atoms with Gasteiger partial charge in [0, 0.05) is 0 Å². The molecule has 0 rings (SSSR count). The molecule has 0 bridgehead atoms. The average Bonchev–Trinajstić information content (AvgIpc) is 1.83. The van der Waals surface area contributed by atoms with Crippen LogP contribution in [0, 0.1) is 0 Å². The maximum absolute atomic E-state index is 9.69. The number of hydrogen-bond acceptors (Lipinski definition) is 2. The van der Waals surface area contributed by atoms with E-state index in [0.717, 1.165) is 0 Å². The van der Waals surface area contributed by atoms with Crippen molar-refractivity contribution in [1.29, 1.82) is 0 Å². The van der Waals surface area contributed by atoms with Gasteiger partial charge in [-0.1, -0.05) is 18.3 Å². The van der Waals surface area contributed by atoms with Gasteiger partial charge in [-0.25, -0.2) is 0 Å². The molecule has 0 aromatic heterocycles. The molecule has 1 unspecified atom stereocenters. The molecule has 0 spiro atoms. The number of carbonyl (C=O) groups is 1. The second-order valence-electron chi connectivity index (χ2n) is 1.12. The highest BCUT2D eigenvalue weighted by molar-refractivity contribution is 7.79. The van der Waals surface area contributed by atoms with Gasteiger partial charge < -0.3 is 5.32 Å². The van der Waals surface area contributed by atoms with E-state index in [1.54, 1.807) is 0 Å². The van der Waals surface area contributed by atoms with Crippen LogP contribution in [0.4, 0.5) is 0 Å². The van der Waals surface area contributed by atoms with E-state index in [0.29, 0.717) is 6.41 Å². The fourth-order valence-electron chi connectivity index (χ4n) is 0.223. The lowest BCUT2D eigenvalue weighted by Gasteiger charge is -1.98. The van der Waals surface area contributed by atoms with Gasteiger partial charge in [-0.3, -0.25) is 4.79 Å². The Bertz CT molecular complexity index is 94.6. The fourth-order valence-corrected chi connectivity index (χ4v) is 0.388. The zero-order valence-corrected chi connectivity index (χ0v) is 5.07. The molecule has 1 N–H and O–H groups in total. The molecule has 0 saturated carbocycles. The molecule has 8 heavy (non-hydrogen) atoms. The first-order valence-corrected chi connectivity index (χ1v) is 2.46. The summed E-state index contributed by atoms with van der Waals surface area (Å²) < 4.78 is 0. The Balaban J connectivity index is 3.50. The lowest BCUT2D eigenvalue weighted by atomic mass is 10.3. The highest BCUT2D eigenvalue weighted by atomic mass is 32.1. The summed E-state index contributed by atoms with van der Waals surface area (Å²) in [6.45, 7) is 3.40. The predicted molar refractivity (Wildman–Crippen MR) is 35.8 cm³/mol. The topological polar surface area (TPSA) is 29.1 Å². The van der Waals surface area contributed by atoms with E-state index in [2.05, 4.69) is 29.5 Å². The smallest absolute Gasteiger partial charge is 0.207 e. The van der Waals surface area contributed by atoms with Crippen molar-refractivity contribution in [2.24, 2.45) is 0 Å². The first kappa shape index (κ1) is 7.30. The van der Waals surface area contributed by atoms with Crippen LogP contribution in [0.15, 0.2) is 12.7 Å². The van der Waals surface area contributed by atoms with E-state index < -0.39 is 0 Å². The number of thiocarbonyl (C=S) groups is 1. The first-order valence-electron chi connectivity index (χ1n) is 2.05. The van der Waals surface area contributed by atoms with Crippen molar-refractivity contribution in [3.63, 3.8) is 0 Å². The number of nitrogens with one attached hydrogen (secondary N) is 1. The quantitative estimate of drug-likeness (QED) is 0.332.